The highest BCUT2D eigenvalue weighted by atomic mass is 32.1. The van der Waals surface area contributed by atoms with E-state index >= 15 is 0 Å². The van der Waals surface area contributed by atoms with E-state index in [1.807, 2.05) is 47.8 Å². The van der Waals surface area contributed by atoms with Gasteiger partial charge < -0.3 is 20.1 Å². The van der Waals surface area contributed by atoms with Gasteiger partial charge in [0, 0.05) is 40.0 Å². The average Bonchev–Trinajstić information content (AvgIpc) is 3.34. The quantitative estimate of drug-likeness (QED) is 0.266. The Kier molecular flexibility index (Phi) is 5.97. The van der Waals surface area contributed by atoms with Gasteiger partial charge in [-0.3, -0.25) is 4.98 Å². The second kappa shape index (κ2) is 9.36. The van der Waals surface area contributed by atoms with Crippen LogP contribution >= 0.6 is 11.3 Å². The average molecular weight is 473 g/mol. The summed E-state index contributed by atoms with van der Waals surface area (Å²) in [4.78, 5) is 8.99. The number of aromatic nitrogens is 2. The zero-order valence-corrected chi connectivity index (χ0v) is 19.3. The Labute approximate surface area is 200 Å². The Morgan fingerprint density at radius 1 is 0.853 bits per heavy atom. The van der Waals surface area contributed by atoms with Gasteiger partial charge in [-0.05, 0) is 30.3 Å². The number of rotatable bonds is 7. The molecule has 0 amide bonds. The van der Waals surface area contributed by atoms with Gasteiger partial charge in [-0.1, -0.05) is 30.3 Å². The minimum Gasteiger partial charge on any atom is -0.493 e. The number of anilines is 4. The van der Waals surface area contributed by atoms with Crippen LogP contribution < -0.4 is 20.1 Å². The van der Waals surface area contributed by atoms with Crippen molar-refractivity contribution >= 4 is 44.4 Å². The molecule has 0 bridgehead atoms. The molecule has 0 aliphatic carbocycles. The van der Waals surface area contributed by atoms with Crippen molar-refractivity contribution in [1.29, 1.82) is 0 Å². The molecule has 2 heterocycles. The van der Waals surface area contributed by atoms with Crippen LogP contribution in [-0.4, -0.2) is 24.2 Å². The number of benzene rings is 3. The van der Waals surface area contributed by atoms with E-state index in [0.29, 0.717) is 39.2 Å². The van der Waals surface area contributed by atoms with E-state index in [1.54, 1.807) is 38.6 Å². The molecule has 0 saturated carbocycles. The maximum absolute atomic E-state index is 15.0. The maximum atomic E-state index is 15.0. The monoisotopic (exact) mass is 472 g/mol. The van der Waals surface area contributed by atoms with Crippen molar-refractivity contribution < 1.29 is 13.9 Å². The summed E-state index contributed by atoms with van der Waals surface area (Å²) in [5, 5.41) is 9.81. The zero-order valence-electron chi connectivity index (χ0n) is 18.5. The molecule has 0 saturated heterocycles. The molecule has 5 rings (SSSR count). The van der Waals surface area contributed by atoms with E-state index < -0.39 is 5.82 Å². The van der Waals surface area contributed by atoms with Gasteiger partial charge in [0.15, 0.2) is 16.6 Å². The van der Waals surface area contributed by atoms with Crippen LogP contribution in [0, 0.1) is 5.82 Å². The van der Waals surface area contributed by atoms with Crippen molar-refractivity contribution in [3.8, 4) is 22.8 Å². The molecule has 2 N–H and O–H groups in total. The number of fused-ring (bicyclic) bond motifs is 1. The predicted octanol–water partition coefficient (Wildman–Crippen LogP) is 7.00. The van der Waals surface area contributed by atoms with Crippen LogP contribution in [-0.2, 0) is 0 Å². The molecular weight excluding hydrogens is 451 g/mol. The number of ether oxygens (including phenoxy) is 2. The molecule has 0 radical (unpaired) electrons. The van der Waals surface area contributed by atoms with Gasteiger partial charge in [0.1, 0.15) is 5.82 Å². The molecule has 0 atom stereocenters. The zero-order chi connectivity index (χ0) is 23.5. The number of hydrogen-bond acceptors (Lipinski definition) is 7. The number of nitrogens with one attached hydrogen (secondary N) is 2. The maximum Gasteiger partial charge on any atom is 0.187 e. The molecule has 0 aliphatic rings. The Morgan fingerprint density at radius 2 is 1.65 bits per heavy atom. The summed E-state index contributed by atoms with van der Waals surface area (Å²) in [6.07, 6.45) is 1.66. The van der Waals surface area contributed by atoms with E-state index in [-0.39, 0.29) is 0 Å². The number of hydrogen-bond donors (Lipinski definition) is 2. The van der Waals surface area contributed by atoms with Gasteiger partial charge in [-0.25, -0.2) is 9.37 Å². The number of halogens is 1. The first-order valence-electron chi connectivity index (χ1n) is 10.5. The fraction of sp³-hybridized carbons (Fsp3) is 0.0769. The molecule has 6 nitrogen and oxygen atoms in total. The molecule has 0 spiro atoms. The van der Waals surface area contributed by atoms with Gasteiger partial charge >= 0.3 is 0 Å². The lowest BCUT2D eigenvalue weighted by Gasteiger charge is -2.14. The summed E-state index contributed by atoms with van der Waals surface area (Å²) in [5.41, 5.74) is 4.29. The molecule has 34 heavy (non-hydrogen) atoms. The van der Waals surface area contributed by atoms with Gasteiger partial charge in [0.2, 0.25) is 0 Å². The Bertz CT molecular complexity index is 1460. The minimum atomic E-state index is -0.393. The van der Waals surface area contributed by atoms with Gasteiger partial charge in [-0.2, -0.15) is 0 Å². The van der Waals surface area contributed by atoms with Crippen LogP contribution in [0.2, 0.25) is 0 Å². The van der Waals surface area contributed by atoms with E-state index in [2.05, 4.69) is 20.6 Å². The van der Waals surface area contributed by atoms with E-state index in [1.165, 1.54) is 17.4 Å². The summed E-state index contributed by atoms with van der Waals surface area (Å²) < 4.78 is 25.8. The molecule has 0 fully saturated rings. The van der Waals surface area contributed by atoms with Crippen LogP contribution in [0.25, 0.3) is 22.2 Å². The SMILES string of the molecule is COc1cc2nccc(Nc3ccc(Nc4nc(-c5ccccc5)cs4)cc3F)c2cc1OC. The predicted molar refractivity (Wildman–Crippen MR) is 135 cm³/mol. The topological polar surface area (TPSA) is 68.3 Å². The normalized spacial score (nSPS) is 10.8. The second-order valence-corrected chi connectivity index (χ2v) is 8.29. The third kappa shape index (κ3) is 4.35. The van der Waals surface area contributed by atoms with Crippen molar-refractivity contribution in [3.63, 3.8) is 0 Å². The first-order valence-corrected chi connectivity index (χ1v) is 11.4. The number of nitrogens with zero attached hydrogens (tertiary/aromatic N) is 2. The van der Waals surface area contributed by atoms with Crippen molar-refractivity contribution in [2.24, 2.45) is 0 Å². The van der Waals surface area contributed by atoms with Crippen LogP contribution in [0.15, 0.2) is 78.3 Å². The summed E-state index contributed by atoms with van der Waals surface area (Å²) in [5.74, 6) is 0.763. The van der Waals surface area contributed by atoms with Crippen LogP contribution in [0.4, 0.5) is 26.6 Å². The highest BCUT2D eigenvalue weighted by Crippen LogP contribution is 2.36. The largest absolute Gasteiger partial charge is 0.493 e. The van der Waals surface area contributed by atoms with Crippen molar-refractivity contribution in [1.82, 2.24) is 9.97 Å². The second-order valence-electron chi connectivity index (χ2n) is 7.43. The molecule has 0 aliphatic heterocycles. The summed E-state index contributed by atoms with van der Waals surface area (Å²) in [7, 11) is 3.15. The molecular formula is C26H21FN4O2S. The standard InChI is InChI=1S/C26H21FN4O2S/c1-32-24-13-18-20(10-11-28-22(18)14-25(24)33-2)30-21-9-8-17(12-19(21)27)29-26-31-23(15-34-26)16-6-4-3-5-7-16/h3-15H,1-2H3,(H,28,30)(H,29,31). The fourth-order valence-corrected chi connectivity index (χ4v) is 4.36. The van der Waals surface area contributed by atoms with Crippen molar-refractivity contribution in [3.05, 3.63) is 84.1 Å². The van der Waals surface area contributed by atoms with Crippen LogP contribution in [0.1, 0.15) is 0 Å². The van der Waals surface area contributed by atoms with E-state index in [4.69, 9.17) is 9.47 Å². The lowest BCUT2D eigenvalue weighted by atomic mass is 10.1. The first-order chi connectivity index (χ1) is 16.6. The van der Waals surface area contributed by atoms with Crippen molar-refractivity contribution in [2.45, 2.75) is 0 Å². The number of thiazole rings is 1. The third-order valence-electron chi connectivity index (χ3n) is 5.31. The summed E-state index contributed by atoms with van der Waals surface area (Å²) >= 11 is 1.47. The molecule has 170 valence electrons. The highest BCUT2D eigenvalue weighted by Gasteiger charge is 2.12. The Balaban J connectivity index is 1.38. The first kappa shape index (κ1) is 21.7. The molecule has 3 aromatic carbocycles. The van der Waals surface area contributed by atoms with E-state index in [9.17, 15) is 4.39 Å². The Morgan fingerprint density at radius 3 is 2.41 bits per heavy atom. The molecule has 2 aromatic heterocycles. The lowest BCUT2D eigenvalue weighted by Crippen LogP contribution is -1.98. The third-order valence-corrected chi connectivity index (χ3v) is 6.07. The van der Waals surface area contributed by atoms with Crippen LogP contribution in [0.3, 0.4) is 0 Å². The Hall–Kier alpha value is -4.17. The lowest BCUT2D eigenvalue weighted by molar-refractivity contribution is 0.356. The molecule has 0 unspecified atom stereocenters. The smallest absolute Gasteiger partial charge is 0.187 e. The van der Waals surface area contributed by atoms with Crippen molar-refractivity contribution in [2.75, 3.05) is 24.9 Å². The number of methoxy groups -OCH3 is 2. The fourth-order valence-electron chi connectivity index (χ4n) is 3.62. The minimum absolute atomic E-state index is 0.344. The molecule has 8 heteroatoms. The van der Waals surface area contributed by atoms with Crippen LogP contribution in [0.5, 0.6) is 11.5 Å². The van der Waals surface area contributed by atoms with Gasteiger partial charge in [0.25, 0.3) is 0 Å². The summed E-state index contributed by atoms with van der Waals surface area (Å²) in [6.45, 7) is 0. The van der Waals surface area contributed by atoms with Gasteiger partial charge in [-0.15, -0.1) is 11.3 Å². The highest BCUT2D eigenvalue weighted by molar-refractivity contribution is 7.14. The van der Waals surface area contributed by atoms with E-state index in [0.717, 1.165) is 16.6 Å². The molecule has 5 aromatic rings. The number of pyridine rings is 1. The summed E-state index contributed by atoms with van der Waals surface area (Å²) in [6, 6.07) is 20.3. The van der Waals surface area contributed by atoms with Gasteiger partial charge in [0.05, 0.1) is 31.1 Å².